The molecule has 1 N–H and O–H groups in total. The summed E-state index contributed by atoms with van der Waals surface area (Å²) >= 11 is 0. The second kappa shape index (κ2) is 7.92. The van der Waals surface area contributed by atoms with Gasteiger partial charge in [0.25, 0.3) is 5.69 Å². The van der Waals surface area contributed by atoms with Gasteiger partial charge in [0.15, 0.2) is 0 Å². The summed E-state index contributed by atoms with van der Waals surface area (Å²) in [5, 5.41) is 21.0. The third-order valence-electron chi connectivity index (χ3n) is 4.24. The Morgan fingerprint density at radius 1 is 1.17 bits per heavy atom. The summed E-state index contributed by atoms with van der Waals surface area (Å²) in [4.78, 5) is 14.9. The normalized spacial score (nSPS) is 18.2. The number of benzene rings is 1. The molecule has 1 aromatic carbocycles. The SMILES string of the molecule is C[N+](C)(C)CC(O)CN1CCCN(c2ccc([N+](=O)[O-])cc2)CC1. The predicted molar refractivity (Wildman–Crippen MR) is 95.3 cm³/mol. The third-order valence-corrected chi connectivity index (χ3v) is 4.24. The summed E-state index contributed by atoms with van der Waals surface area (Å²) in [6, 6.07) is 6.76. The lowest BCUT2D eigenvalue weighted by atomic mass is 10.2. The van der Waals surface area contributed by atoms with Crippen molar-refractivity contribution in [2.24, 2.45) is 0 Å². The van der Waals surface area contributed by atoms with Gasteiger partial charge in [-0.2, -0.15) is 0 Å². The molecule has 1 saturated heterocycles. The number of likely N-dealkylation sites (N-methyl/N-ethyl adjacent to an activating group) is 1. The summed E-state index contributed by atoms with van der Waals surface area (Å²) in [5.74, 6) is 0. The van der Waals surface area contributed by atoms with E-state index in [0.29, 0.717) is 6.54 Å². The highest BCUT2D eigenvalue weighted by atomic mass is 16.6. The second-order valence-electron chi connectivity index (χ2n) is 7.54. The number of hydrogen-bond acceptors (Lipinski definition) is 5. The number of nitro benzene ring substituents is 1. The van der Waals surface area contributed by atoms with Crippen molar-refractivity contribution in [3.8, 4) is 0 Å². The highest BCUT2D eigenvalue weighted by Crippen LogP contribution is 2.20. The summed E-state index contributed by atoms with van der Waals surface area (Å²) in [7, 11) is 6.26. The predicted octanol–water partition coefficient (Wildman–Crippen LogP) is 1.17. The van der Waals surface area contributed by atoms with Gasteiger partial charge in [-0.1, -0.05) is 0 Å². The standard InChI is InChI=1S/C17H29N4O3/c1-21(2,3)14-17(22)13-18-9-4-10-19(12-11-18)15-5-7-16(8-6-15)20(23)24/h5-8,17,22H,4,9-14H2,1-3H3/q+1. The highest BCUT2D eigenvalue weighted by Gasteiger charge is 2.21. The minimum Gasteiger partial charge on any atom is -0.386 e. The lowest BCUT2D eigenvalue weighted by Crippen LogP contribution is -2.46. The van der Waals surface area contributed by atoms with Crippen LogP contribution in [0.1, 0.15) is 6.42 Å². The Balaban J connectivity index is 1.89. The maximum atomic E-state index is 10.7. The van der Waals surface area contributed by atoms with E-state index in [4.69, 9.17) is 0 Å². The van der Waals surface area contributed by atoms with Crippen molar-refractivity contribution in [2.75, 3.05) is 65.3 Å². The number of rotatable bonds is 6. The molecule has 0 bridgehead atoms. The Bertz CT molecular complexity index is 542. The monoisotopic (exact) mass is 337 g/mol. The molecule has 134 valence electrons. The average molecular weight is 337 g/mol. The molecule has 2 rings (SSSR count). The number of anilines is 1. The van der Waals surface area contributed by atoms with E-state index < -0.39 is 0 Å². The molecule has 7 heteroatoms. The van der Waals surface area contributed by atoms with Crippen LogP contribution >= 0.6 is 0 Å². The number of hydrogen-bond donors (Lipinski definition) is 1. The third kappa shape index (κ3) is 5.74. The molecule has 1 fully saturated rings. The molecule has 1 aliphatic heterocycles. The van der Waals surface area contributed by atoms with E-state index in [0.717, 1.165) is 49.3 Å². The molecule has 0 radical (unpaired) electrons. The van der Waals surface area contributed by atoms with Crippen LogP contribution < -0.4 is 4.90 Å². The molecule has 0 spiro atoms. The smallest absolute Gasteiger partial charge is 0.269 e. The molecule has 1 unspecified atom stereocenters. The van der Waals surface area contributed by atoms with E-state index in [-0.39, 0.29) is 16.7 Å². The van der Waals surface area contributed by atoms with Crippen molar-refractivity contribution in [3.05, 3.63) is 34.4 Å². The number of aliphatic hydroxyl groups is 1. The second-order valence-corrected chi connectivity index (χ2v) is 7.54. The maximum absolute atomic E-state index is 10.7. The van der Waals surface area contributed by atoms with Crippen LogP contribution in [0.4, 0.5) is 11.4 Å². The molecule has 0 aliphatic carbocycles. The van der Waals surface area contributed by atoms with Gasteiger partial charge in [0.2, 0.25) is 0 Å². The summed E-state index contributed by atoms with van der Waals surface area (Å²) in [6.45, 7) is 5.10. The van der Waals surface area contributed by atoms with E-state index >= 15 is 0 Å². The van der Waals surface area contributed by atoms with Gasteiger partial charge in [-0.3, -0.25) is 15.0 Å². The van der Waals surface area contributed by atoms with Crippen LogP contribution in [-0.2, 0) is 0 Å². The number of non-ortho nitro benzene ring substituents is 1. The number of β-amino-alcohol motifs (C(OH)–C–C–N with tert-alkyl or cyclic N) is 1. The van der Waals surface area contributed by atoms with E-state index in [1.54, 1.807) is 12.1 Å². The number of nitro groups is 1. The topological polar surface area (TPSA) is 69.8 Å². The first kappa shape index (κ1) is 18.6. The van der Waals surface area contributed by atoms with Gasteiger partial charge in [0.1, 0.15) is 12.6 Å². The first-order chi connectivity index (χ1) is 11.2. The molecule has 0 saturated carbocycles. The number of quaternary nitrogens is 1. The zero-order valence-electron chi connectivity index (χ0n) is 14.9. The van der Waals surface area contributed by atoms with Crippen LogP contribution in [0, 0.1) is 10.1 Å². The van der Waals surface area contributed by atoms with Crippen molar-refractivity contribution < 1.29 is 14.5 Å². The largest absolute Gasteiger partial charge is 0.386 e. The van der Waals surface area contributed by atoms with Crippen molar-refractivity contribution in [1.82, 2.24) is 4.90 Å². The zero-order chi connectivity index (χ0) is 17.7. The van der Waals surface area contributed by atoms with Gasteiger partial charge < -0.3 is 14.5 Å². The molecule has 1 aromatic rings. The van der Waals surface area contributed by atoms with Crippen LogP contribution in [0.3, 0.4) is 0 Å². The minimum absolute atomic E-state index is 0.124. The maximum Gasteiger partial charge on any atom is 0.269 e. The van der Waals surface area contributed by atoms with Crippen LogP contribution in [0.15, 0.2) is 24.3 Å². The van der Waals surface area contributed by atoms with Crippen molar-refractivity contribution in [2.45, 2.75) is 12.5 Å². The molecular weight excluding hydrogens is 308 g/mol. The summed E-state index contributed by atoms with van der Waals surface area (Å²) in [5.41, 5.74) is 1.15. The molecule has 1 aliphatic rings. The van der Waals surface area contributed by atoms with Crippen LogP contribution in [0.25, 0.3) is 0 Å². The molecular formula is C17H29N4O3+. The molecule has 0 amide bonds. The van der Waals surface area contributed by atoms with Gasteiger partial charge in [-0.15, -0.1) is 0 Å². The Kier molecular flexibility index (Phi) is 6.15. The zero-order valence-corrected chi connectivity index (χ0v) is 14.9. The van der Waals surface area contributed by atoms with E-state index in [1.807, 2.05) is 12.1 Å². The van der Waals surface area contributed by atoms with E-state index in [1.165, 1.54) is 0 Å². The van der Waals surface area contributed by atoms with Crippen molar-refractivity contribution in [3.63, 3.8) is 0 Å². The van der Waals surface area contributed by atoms with Gasteiger partial charge in [0, 0.05) is 44.0 Å². The lowest BCUT2D eigenvalue weighted by Gasteiger charge is -2.30. The fraction of sp³-hybridized carbons (Fsp3) is 0.647. The highest BCUT2D eigenvalue weighted by molar-refractivity contribution is 5.51. The Morgan fingerprint density at radius 2 is 1.83 bits per heavy atom. The molecule has 1 atom stereocenters. The van der Waals surface area contributed by atoms with Gasteiger partial charge >= 0.3 is 0 Å². The summed E-state index contributed by atoms with van der Waals surface area (Å²) in [6.07, 6.45) is 0.699. The molecule has 1 heterocycles. The molecule has 7 nitrogen and oxygen atoms in total. The Labute approximate surface area is 143 Å². The van der Waals surface area contributed by atoms with Crippen LogP contribution in [-0.4, -0.2) is 85.9 Å². The lowest BCUT2D eigenvalue weighted by molar-refractivity contribution is -0.873. The molecule has 24 heavy (non-hydrogen) atoms. The minimum atomic E-state index is -0.372. The van der Waals surface area contributed by atoms with Gasteiger partial charge in [-0.05, 0) is 25.1 Å². The Morgan fingerprint density at radius 3 is 2.42 bits per heavy atom. The Hall–Kier alpha value is -1.70. The summed E-state index contributed by atoms with van der Waals surface area (Å²) < 4.78 is 0.754. The van der Waals surface area contributed by atoms with E-state index in [2.05, 4.69) is 30.9 Å². The molecule has 0 aromatic heterocycles. The van der Waals surface area contributed by atoms with E-state index in [9.17, 15) is 15.2 Å². The quantitative estimate of drug-likeness (QED) is 0.479. The van der Waals surface area contributed by atoms with Crippen LogP contribution in [0.5, 0.6) is 0 Å². The van der Waals surface area contributed by atoms with Gasteiger partial charge in [-0.25, -0.2) is 0 Å². The average Bonchev–Trinajstić information content (AvgIpc) is 2.71. The number of aliphatic hydroxyl groups excluding tert-OH is 1. The van der Waals surface area contributed by atoms with Crippen molar-refractivity contribution >= 4 is 11.4 Å². The number of nitrogens with zero attached hydrogens (tertiary/aromatic N) is 4. The van der Waals surface area contributed by atoms with Crippen molar-refractivity contribution in [1.29, 1.82) is 0 Å². The fourth-order valence-corrected chi connectivity index (χ4v) is 3.18. The van der Waals surface area contributed by atoms with Gasteiger partial charge in [0.05, 0.1) is 26.1 Å². The first-order valence-corrected chi connectivity index (χ1v) is 8.45. The fourth-order valence-electron chi connectivity index (χ4n) is 3.18. The first-order valence-electron chi connectivity index (χ1n) is 8.45. The van der Waals surface area contributed by atoms with Crippen LogP contribution in [0.2, 0.25) is 0 Å².